The highest BCUT2D eigenvalue weighted by Crippen LogP contribution is 2.68. The molecule has 2 amide bonds. The molecular weight excluding hydrogens is 790 g/mol. The molecule has 2 aliphatic carbocycles. The van der Waals surface area contributed by atoms with E-state index in [9.17, 15) is 32.3 Å². The Morgan fingerprint density at radius 3 is 2.40 bits per heavy atom. The summed E-state index contributed by atoms with van der Waals surface area (Å²) in [6, 6.07) is 7.85. The lowest BCUT2D eigenvalue weighted by molar-refractivity contribution is -0.123. The Hall–Kier alpha value is -5.44. The fraction of sp³-hybridized carbons (Fsp3) is 0.375. The van der Waals surface area contributed by atoms with Crippen LogP contribution in [0.3, 0.4) is 0 Å². The van der Waals surface area contributed by atoms with Gasteiger partial charge in [-0.15, -0.1) is 0 Å². The molecule has 3 N–H and O–H groups in total. The number of fused-ring (bicyclic) bond motifs is 4. The van der Waals surface area contributed by atoms with Crippen molar-refractivity contribution in [2.45, 2.75) is 63.1 Å². The zero-order valence-electron chi connectivity index (χ0n) is 31.8. The first-order valence-electron chi connectivity index (χ1n) is 18.1. The summed E-state index contributed by atoms with van der Waals surface area (Å²) in [5, 5.41) is 24.7. The number of pyridine rings is 1. The van der Waals surface area contributed by atoms with Crippen LogP contribution >= 0.6 is 11.6 Å². The van der Waals surface area contributed by atoms with Gasteiger partial charge in [-0.2, -0.15) is 19.0 Å². The lowest BCUT2D eigenvalue weighted by Gasteiger charge is -2.23. The summed E-state index contributed by atoms with van der Waals surface area (Å²) >= 11 is 6.70. The number of carbonyl (C=O) groups is 2. The van der Waals surface area contributed by atoms with Crippen molar-refractivity contribution in [3.05, 3.63) is 93.0 Å². The predicted octanol–water partition coefficient (Wildman–Crippen LogP) is 6.63. The molecule has 1 saturated carbocycles. The van der Waals surface area contributed by atoms with Crippen LogP contribution in [0.2, 0.25) is 5.02 Å². The van der Waals surface area contributed by atoms with E-state index in [-0.39, 0.29) is 58.6 Å². The van der Waals surface area contributed by atoms with Gasteiger partial charge in [0.05, 0.1) is 34.2 Å². The quantitative estimate of drug-likeness (QED) is 0.101. The SMILES string of the molecule is CN(C)CC(=O)Nc1nn(C)c2c(-c3ccc(C#CC(C)(C)O)nc3C(Cc3cc(F)cc(F)c3)NC(=O)Cn3nc(C(F)F)c4c3C(F)(F)[C@@H]3CC43)ccc(Cl)c12. The molecule has 304 valence electrons. The van der Waals surface area contributed by atoms with Gasteiger partial charge in [0.1, 0.15) is 40.9 Å². The topological polar surface area (TPSA) is 130 Å². The molecule has 0 radical (unpaired) electrons. The van der Waals surface area contributed by atoms with E-state index >= 15 is 8.78 Å². The molecule has 18 heteroatoms. The van der Waals surface area contributed by atoms with Crippen LogP contribution in [0.15, 0.2) is 42.5 Å². The molecule has 7 rings (SSSR count). The number of aromatic nitrogens is 5. The summed E-state index contributed by atoms with van der Waals surface area (Å²) in [5.74, 6) is -2.96. The first-order chi connectivity index (χ1) is 27.2. The van der Waals surface area contributed by atoms with Crippen molar-refractivity contribution in [1.29, 1.82) is 0 Å². The van der Waals surface area contributed by atoms with E-state index in [1.165, 1.54) is 18.5 Å². The molecule has 3 aromatic heterocycles. The molecule has 1 fully saturated rings. The molecule has 2 aromatic carbocycles. The van der Waals surface area contributed by atoms with Gasteiger partial charge in [0.2, 0.25) is 11.8 Å². The second kappa shape index (κ2) is 15.1. The molecule has 2 aliphatic rings. The average Bonchev–Trinajstić information content (AvgIpc) is 3.65. The maximum absolute atomic E-state index is 15.4. The Balaban J connectivity index is 1.37. The summed E-state index contributed by atoms with van der Waals surface area (Å²) in [4.78, 5) is 33.2. The molecule has 0 bridgehead atoms. The number of rotatable bonds is 11. The number of anilines is 1. The molecule has 11 nitrogen and oxygen atoms in total. The van der Waals surface area contributed by atoms with Crippen LogP contribution in [0.4, 0.5) is 32.2 Å². The number of nitrogens with one attached hydrogen (secondary N) is 2. The number of hydrogen-bond donors (Lipinski definition) is 3. The normalized spacial score (nSPS) is 17.2. The van der Waals surface area contributed by atoms with Crippen molar-refractivity contribution in [2.75, 3.05) is 26.0 Å². The Bertz CT molecular complexity index is 2520. The van der Waals surface area contributed by atoms with Gasteiger partial charge in [-0.05, 0) is 88.5 Å². The summed E-state index contributed by atoms with van der Waals surface area (Å²) in [6.45, 7) is 2.06. The minimum absolute atomic E-state index is 0.0313. The molecule has 0 spiro atoms. The number of carbonyl (C=O) groups excluding carboxylic acids is 2. The number of alkyl halides is 4. The molecule has 0 aliphatic heterocycles. The summed E-state index contributed by atoms with van der Waals surface area (Å²) in [6.07, 6.45) is -3.44. The van der Waals surface area contributed by atoms with Gasteiger partial charge in [-0.25, -0.2) is 22.5 Å². The van der Waals surface area contributed by atoms with Crippen LogP contribution in [0.25, 0.3) is 22.0 Å². The third-order valence-electron chi connectivity index (χ3n) is 9.85. The molecule has 5 aromatic rings. The Morgan fingerprint density at radius 1 is 1.05 bits per heavy atom. The van der Waals surface area contributed by atoms with Crippen LogP contribution in [-0.2, 0) is 35.5 Å². The van der Waals surface area contributed by atoms with Crippen LogP contribution in [0, 0.1) is 29.4 Å². The molecule has 2 unspecified atom stereocenters. The molecule has 58 heavy (non-hydrogen) atoms. The van der Waals surface area contributed by atoms with Crippen molar-refractivity contribution in [1.82, 2.24) is 34.8 Å². The van der Waals surface area contributed by atoms with E-state index in [4.69, 9.17) is 16.6 Å². The number of hydrogen-bond acceptors (Lipinski definition) is 7. The minimum atomic E-state index is -3.49. The number of benzene rings is 2. The Morgan fingerprint density at radius 2 is 1.74 bits per heavy atom. The lowest BCUT2D eigenvalue weighted by Crippen LogP contribution is -2.35. The fourth-order valence-electron chi connectivity index (χ4n) is 7.53. The van der Waals surface area contributed by atoms with Gasteiger partial charge in [0.15, 0.2) is 5.82 Å². The van der Waals surface area contributed by atoms with E-state index < -0.39 is 71.3 Å². The highest BCUT2D eigenvalue weighted by molar-refractivity contribution is 6.37. The molecular formula is C40H37ClF6N8O3. The monoisotopic (exact) mass is 826 g/mol. The smallest absolute Gasteiger partial charge is 0.293 e. The molecule has 0 saturated heterocycles. The number of aryl methyl sites for hydroxylation is 1. The Labute approximate surface area is 333 Å². The zero-order valence-corrected chi connectivity index (χ0v) is 32.5. The van der Waals surface area contributed by atoms with Gasteiger partial charge in [-0.3, -0.25) is 19.0 Å². The van der Waals surface area contributed by atoms with Crippen molar-refractivity contribution >= 4 is 40.1 Å². The summed E-state index contributed by atoms with van der Waals surface area (Å²) in [7, 11) is 5.06. The largest absolute Gasteiger partial charge is 0.378 e. The van der Waals surface area contributed by atoms with E-state index in [1.807, 2.05) is 0 Å². The van der Waals surface area contributed by atoms with E-state index in [2.05, 4.69) is 32.7 Å². The van der Waals surface area contributed by atoms with E-state index in [1.54, 1.807) is 50.3 Å². The van der Waals surface area contributed by atoms with Crippen molar-refractivity contribution < 1.29 is 41.0 Å². The van der Waals surface area contributed by atoms with Crippen LogP contribution in [0.1, 0.15) is 72.6 Å². The van der Waals surface area contributed by atoms with Gasteiger partial charge < -0.3 is 20.6 Å². The predicted molar refractivity (Wildman–Crippen MR) is 202 cm³/mol. The molecule has 3 atom stereocenters. The summed E-state index contributed by atoms with van der Waals surface area (Å²) in [5.41, 5.74) is -1.78. The van der Waals surface area contributed by atoms with Crippen LogP contribution in [0.5, 0.6) is 0 Å². The second-order valence-electron chi connectivity index (χ2n) is 15.3. The second-order valence-corrected chi connectivity index (χ2v) is 15.7. The van der Waals surface area contributed by atoms with Gasteiger partial charge in [-0.1, -0.05) is 23.6 Å². The van der Waals surface area contributed by atoms with E-state index in [0.717, 1.165) is 12.1 Å². The summed E-state index contributed by atoms with van der Waals surface area (Å²) < 4.78 is 90.2. The molecule has 3 heterocycles. The number of amides is 2. The standard InChI is InChI=1S/C40H37ClF6N8O3/c1-39(2,58)11-10-22-6-7-23(24-8-9-27(41)32-35(24)54(5)52-38(32)50-29(56)17-53(3)4)33(48-22)28(14-19-12-20(42)15-21(43)13-19)49-30(57)18-55-36-31(34(51-55)37(44)45)25-16-26(25)40(36,46)47/h6-9,12-13,15,25-26,28,37,58H,14,16-18H2,1-5H3,(H,49,57)(H,50,52,56)/t25?,26-,28?/m1/s1. The average molecular weight is 827 g/mol. The highest BCUT2D eigenvalue weighted by atomic mass is 35.5. The Kier molecular flexibility index (Phi) is 10.6. The van der Waals surface area contributed by atoms with Crippen LogP contribution in [-0.4, -0.2) is 72.6 Å². The van der Waals surface area contributed by atoms with Crippen molar-refractivity contribution in [3.63, 3.8) is 0 Å². The van der Waals surface area contributed by atoms with Crippen molar-refractivity contribution in [3.8, 4) is 23.0 Å². The third-order valence-corrected chi connectivity index (χ3v) is 10.2. The van der Waals surface area contributed by atoms with Crippen molar-refractivity contribution in [2.24, 2.45) is 13.0 Å². The number of halogens is 7. The maximum Gasteiger partial charge on any atom is 0.293 e. The van der Waals surface area contributed by atoms with Gasteiger partial charge in [0, 0.05) is 35.7 Å². The fourth-order valence-corrected chi connectivity index (χ4v) is 7.77. The number of nitrogens with zero attached hydrogens (tertiary/aromatic N) is 6. The maximum atomic E-state index is 15.4. The first-order valence-corrected chi connectivity index (χ1v) is 18.5. The lowest BCUT2D eigenvalue weighted by atomic mass is 9.93. The highest BCUT2D eigenvalue weighted by Gasteiger charge is 2.67. The number of aliphatic hydroxyl groups is 1. The van der Waals surface area contributed by atoms with Gasteiger partial charge in [0.25, 0.3) is 12.3 Å². The zero-order chi connectivity index (χ0) is 42.0. The van der Waals surface area contributed by atoms with E-state index in [0.29, 0.717) is 32.8 Å². The minimum Gasteiger partial charge on any atom is -0.378 e. The van der Waals surface area contributed by atoms with Crippen LogP contribution < -0.4 is 10.6 Å². The van der Waals surface area contributed by atoms with Gasteiger partial charge >= 0.3 is 0 Å². The number of likely N-dealkylation sites (N-methyl/N-ethyl adjacent to an activating group) is 1. The first kappa shape index (κ1) is 40.7. The third kappa shape index (κ3) is 8.00.